The summed E-state index contributed by atoms with van der Waals surface area (Å²) in [5.74, 6) is 2.01. The third-order valence-electron chi connectivity index (χ3n) is 4.74. The fraction of sp³-hybridized carbons (Fsp3) is 0.350. The van der Waals surface area contributed by atoms with Crippen molar-refractivity contribution >= 4 is 0 Å². The number of hydrogen-bond donors (Lipinski definition) is 1. The Balaban J connectivity index is 1.71. The quantitative estimate of drug-likeness (QED) is 0.675. The van der Waals surface area contributed by atoms with Crippen molar-refractivity contribution in [2.24, 2.45) is 7.05 Å². The lowest BCUT2D eigenvalue weighted by Crippen LogP contribution is -2.23. The van der Waals surface area contributed by atoms with Crippen LogP contribution in [0.15, 0.2) is 41.2 Å². The second-order valence-electron chi connectivity index (χ2n) is 6.77. The highest BCUT2D eigenvalue weighted by atomic mass is 16.5. The summed E-state index contributed by atoms with van der Waals surface area (Å²) in [7, 11) is 1.55. The number of aromatic hydroxyl groups is 1. The van der Waals surface area contributed by atoms with Gasteiger partial charge in [-0.3, -0.25) is 0 Å². The van der Waals surface area contributed by atoms with E-state index in [1.54, 1.807) is 37.4 Å². The molecule has 1 aromatic heterocycles. The Morgan fingerprint density at radius 2 is 1.96 bits per heavy atom. The van der Waals surface area contributed by atoms with Crippen LogP contribution < -0.4 is 15.2 Å². The van der Waals surface area contributed by atoms with Gasteiger partial charge in [0.2, 0.25) is 0 Å². The lowest BCUT2D eigenvalue weighted by molar-refractivity contribution is 0.283. The van der Waals surface area contributed by atoms with Crippen LogP contribution in [-0.4, -0.2) is 31.5 Å². The molecule has 28 heavy (non-hydrogen) atoms. The summed E-state index contributed by atoms with van der Waals surface area (Å²) in [5.41, 5.74) is 1.93. The molecule has 1 aliphatic rings. The van der Waals surface area contributed by atoms with Crippen molar-refractivity contribution in [2.45, 2.75) is 32.3 Å². The Morgan fingerprint density at radius 1 is 1.14 bits per heavy atom. The molecule has 0 bridgehead atoms. The van der Waals surface area contributed by atoms with Gasteiger partial charge in [0.25, 0.3) is 0 Å². The van der Waals surface area contributed by atoms with E-state index in [1.165, 1.54) is 9.36 Å². The fourth-order valence-corrected chi connectivity index (χ4v) is 3.18. The van der Waals surface area contributed by atoms with Gasteiger partial charge < -0.3 is 14.6 Å². The van der Waals surface area contributed by atoms with E-state index < -0.39 is 0 Å². The van der Waals surface area contributed by atoms with Crippen molar-refractivity contribution in [3.8, 4) is 22.9 Å². The number of phenols is 1. The number of aromatic nitrogens is 4. The molecule has 8 heteroatoms. The standard InChI is InChI=1S/C20H22N4O4/c1-3-27-18-6-4-5-17(24-20(26)23(2)21-22-24)16(18)12-28-19-10-9-14(25)11-15(19)13-7-8-13/h4-6,9-11,13,25H,3,7-8,12H2,1-2H3. The molecule has 146 valence electrons. The van der Waals surface area contributed by atoms with E-state index in [0.717, 1.165) is 24.2 Å². The first-order valence-electron chi connectivity index (χ1n) is 9.28. The molecule has 0 spiro atoms. The third-order valence-corrected chi connectivity index (χ3v) is 4.74. The molecule has 2 aromatic carbocycles. The molecule has 0 aliphatic heterocycles. The molecule has 0 radical (unpaired) electrons. The van der Waals surface area contributed by atoms with Gasteiger partial charge >= 0.3 is 5.69 Å². The Bertz CT molecular complexity index is 1050. The number of hydrogen-bond acceptors (Lipinski definition) is 6. The van der Waals surface area contributed by atoms with Gasteiger partial charge in [-0.1, -0.05) is 6.07 Å². The van der Waals surface area contributed by atoms with E-state index in [0.29, 0.717) is 29.5 Å². The van der Waals surface area contributed by atoms with Crippen LogP contribution in [-0.2, 0) is 13.7 Å². The first-order valence-corrected chi connectivity index (χ1v) is 9.28. The number of benzene rings is 2. The highest BCUT2D eigenvalue weighted by Gasteiger charge is 2.27. The summed E-state index contributed by atoms with van der Waals surface area (Å²) in [6.07, 6.45) is 2.19. The highest BCUT2D eigenvalue weighted by molar-refractivity contribution is 5.50. The summed E-state index contributed by atoms with van der Waals surface area (Å²) in [6, 6.07) is 10.6. The van der Waals surface area contributed by atoms with Gasteiger partial charge in [0.15, 0.2) is 0 Å². The molecule has 0 amide bonds. The second kappa shape index (κ2) is 7.38. The van der Waals surface area contributed by atoms with Gasteiger partial charge in [0, 0.05) is 12.6 Å². The summed E-state index contributed by atoms with van der Waals surface area (Å²) in [4.78, 5) is 12.3. The van der Waals surface area contributed by atoms with E-state index in [-0.39, 0.29) is 18.0 Å². The molecule has 0 saturated heterocycles. The minimum absolute atomic E-state index is 0.193. The van der Waals surface area contributed by atoms with Crippen molar-refractivity contribution in [3.63, 3.8) is 0 Å². The molecule has 8 nitrogen and oxygen atoms in total. The average molecular weight is 382 g/mol. The fourth-order valence-electron chi connectivity index (χ4n) is 3.18. The monoisotopic (exact) mass is 382 g/mol. The van der Waals surface area contributed by atoms with E-state index in [9.17, 15) is 9.90 Å². The molecular weight excluding hydrogens is 360 g/mol. The van der Waals surface area contributed by atoms with Gasteiger partial charge in [0.1, 0.15) is 23.9 Å². The number of rotatable bonds is 7. The molecule has 1 heterocycles. The van der Waals surface area contributed by atoms with Crippen LogP contribution in [0.4, 0.5) is 0 Å². The molecule has 1 aliphatic carbocycles. The summed E-state index contributed by atoms with van der Waals surface area (Å²) >= 11 is 0. The number of aryl methyl sites for hydroxylation is 1. The van der Waals surface area contributed by atoms with E-state index in [4.69, 9.17) is 9.47 Å². The number of nitrogens with zero attached hydrogens (tertiary/aromatic N) is 4. The topological polar surface area (TPSA) is 91.4 Å². The van der Waals surface area contributed by atoms with Gasteiger partial charge in [-0.15, -0.1) is 0 Å². The maximum absolute atomic E-state index is 12.3. The van der Waals surface area contributed by atoms with Crippen molar-refractivity contribution in [3.05, 3.63) is 58.0 Å². The van der Waals surface area contributed by atoms with Gasteiger partial charge in [-0.25, -0.2) is 4.79 Å². The first-order chi connectivity index (χ1) is 13.6. The molecule has 1 saturated carbocycles. The van der Waals surface area contributed by atoms with Crippen molar-refractivity contribution in [1.29, 1.82) is 0 Å². The minimum Gasteiger partial charge on any atom is -0.508 e. The first kappa shape index (κ1) is 18.1. The Hall–Kier alpha value is -3.29. The zero-order valence-corrected chi connectivity index (χ0v) is 15.8. The lowest BCUT2D eigenvalue weighted by atomic mass is 10.1. The maximum Gasteiger partial charge on any atom is 0.368 e. The predicted octanol–water partition coefficient (Wildman–Crippen LogP) is 2.53. The smallest absolute Gasteiger partial charge is 0.368 e. The highest BCUT2D eigenvalue weighted by Crippen LogP contribution is 2.45. The molecule has 1 fully saturated rings. The molecule has 0 atom stereocenters. The Morgan fingerprint density at radius 3 is 2.64 bits per heavy atom. The van der Waals surface area contributed by atoms with E-state index >= 15 is 0 Å². The van der Waals surface area contributed by atoms with Crippen LogP contribution in [0.3, 0.4) is 0 Å². The number of phenolic OH excluding ortho intramolecular Hbond substituents is 1. The van der Waals surface area contributed by atoms with Crippen LogP contribution in [0.2, 0.25) is 0 Å². The van der Waals surface area contributed by atoms with Gasteiger partial charge in [-0.2, -0.15) is 9.36 Å². The van der Waals surface area contributed by atoms with Crippen molar-refractivity contribution in [1.82, 2.24) is 19.8 Å². The van der Waals surface area contributed by atoms with E-state index in [1.807, 2.05) is 13.0 Å². The van der Waals surface area contributed by atoms with Crippen LogP contribution in [0.5, 0.6) is 17.2 Å². The zero-order valence-electron chi connectivity index (χ0n) is 15.8. The molecular formula is C20H22N4O4. The predicted molar refractivity (Wildman–Crippen MR) is 102 cm³/mol. The maximum atomic E-state index is 12.3. The second-order valence-corrected chi connectivity index (χ2v) is 6.77. The molecule has 3 aromatic rings. The van der Waals surface area contributed by atoms with E-state index in [2.05, 4.69) is 10.4 Å². The molecule has 1 N–H and O–H groups in total. The largest absolute Gasteiger partial charge is 0.508 e. The molecule has 0 unspecified atom stereocenters. The van der Waals surface area contributed by atoms with Crippen molar-refractivity contribution in [2.75, 3.05) is 6.61 Å². The summed E-state index contributed by atoms with van der Waals surface area (Å²) in [6.45, 7) is 2.58. The van der Waals surface area contributed by atoms with Gasteiger partial charge in [0.05, 0.1) is 17.9 Å². The zero-order chi connectivity index (χ0) is 19.7. The summed E-state index contributed by atoms with van der Waals surface area (Å²) in [5, 5.41) is 17.5. The normalized spacial score (nSPS) is 13.5. The molecule has 4 rings (SSSR count). The van der Waals surface area contributed by atoms with Crippen LogP contribution in [0.1, 0.15) is 36.8 Å². The number of tetrazole rings is 1. The minimum atomic E-state index is -0.349. The SMILES string of the molecule is CCOc1cccc(-n2nnn(C)c2=O)c1COc1ccc(O)cc1C1CC1. The van der Waals surface area contributed by atoms with Crippen molar-refractivity contribution < 1.29 is 14.6 Å². The Labute approximate surface area is 161 Å². The summed E-state index contributed by atoms with van der Waals surface area (Å²) < 4.78 is 14.3. The van der Waals surface area contributed by atoms with Crippen LogP contribution in [0, 0.1) is 0 Å². The van der Waals surface area contributed by atoms with Gasteiger partial charge in [-0.05, 0) is 66.4 Å². The Kier molecular flexibility index (Phi) is 4.77. The van der Waals surface area contributed by atoms with Crippen LogP contribution in [0.25, 0.3) is 5.69 Å². The average Bonchev–Trinajstić information content (AvgIpc) is 3.48. The lowest BCUT2D eigenvalue weighted by Gasteiger charge is -2.16. The van der Waals surface area contributed by atoms with Crippen LogP contribution >= 0.6 is 0 Å². The third kappa shape index (κ3) is 3.45. The number of ether oxygens (including phenoxy) is 2.